The standard InChI is InChI=1S/C17H27NO/c1-12(2)10-18(13(3)4)11-17(19)16-8-7-14(5)15(6)9-16/h7-9,12-13H,10-11H2,1-6H3. The molecule has 0 spiro atoms. The van der Waals surface area contributed by atoms with Gasteiger partial charge in [-0.1, -0.05) is 26.0 Å². The van der Waals surface area contributed by atoms with Crippen LogP contribution in [-0.4, -0.2) is 29.8 Å². The summed E-state index contributed by atoms with van der Waals surface area (Å²) in [6, 6.07) is 6.38. The van der Waals surface area contributed by atoms with Crippen molar-refractivity contribution in [2.45, 2.75) is 47.6 Å². The predicted molar refractivity (Wildman–Crippen MR) is 81.8 cm³/mol. The molecule has 2 heteroatoms. The van der Waals surface area contributed by atoms with Gasteiger partial charge in [0, 0.05) is 18.2 Å². The normalized spacial score (nSPS) is 11.6. The van der Waals surface area contributed by atoms with Gasteiger partial charge in [0.05, 0.1) is 6.54 Å². The minimum Gasteiger partial charge on any atom is -0.293 e. The summed E-state index contributed by atoms with van der Waals surface area (Å²) < 4.78 is 0. The molecule has 1 aromatic carbocycles. The molecule has 19 heavy (non-hydrogen) atoms. The van der Waals surface area contributed by atoms with Crippen LogP contribution in [0, 0.1) is 19.8 Å². The zero-order valence-corrected chi connectivity index (χ0v) is 13.2. The van der Waals surface area contributed by atoms with Crippen molar-refractivity contribution in [1.82, 2.24) is 4.90 Å². The molecule has 0 N–H and O–H groups in total. The van der Waals surface area contributed by atoms with Gasteiger partial charge < -0.3 is 0 Å². The number of aryl methyl sites for hydroxylation is 2. The largest absolute Gasteiger partial charge is 0.293 e. The minimum absolute atomic E-state index is 0.220. The van der Waals surface area contributed by atoms with Gasteiger partial charge in [0.15, 0.2) is 5.78 Å². The van der Waals surface area contributed by atoms with E-state index in [-0.39, 0.29) is 5.78 Å². The van der Waals surface area contributed by atoms with Crippen LogP contribution in [0.3, 0.4) is 0 Å². The van der Waals surface area contributed by atoms with Gasteiger partial charge in [-0.15, -0.1) is 0 Å². The molecular weight excluding hydrogens is 234 g/mol. The first-order valence-corrected chi connectivity index (χ1v) is 7.15. The average molecular weight is 261 g/mol. The zero-order chi connectivity index (χ0) is 14.6. The molecule has 0 saturated heterocycles. The molecule has 2 nitrogen and oxygen atoms in total. The second-order valence-electron chi connectivity index (χ2n) is 6.14. The number of hydrogen-bond acceptors (Lipinski definition) is 2. The summed E-state index contributed by atoms with van der Waals surface area (Å²) in [5.41, 5.74) is 3.25. The quantitative estimate of drug-likeness (QED) is 0.725. The van der Waals surface area contributed by atoms with E-state index in [1.807, 2.05) is 18.2 Å². The Morgan fingerprint density at radius 2 is 1.74 bits per heavy atom. The number of carbonyl (C=O) groups is 1. The van der Waals surface area contributed by atoms with Crippen LogP contribution in [0.25, 0.3) is 0 Å². The van der Waals surface area contributed by atoms with Crippen LogP contribution in [0.2, 0.25) is 0 Å². The van der Waals surface area contributed by atoms with E-state index in [0.717, 1.165) is 12.1 Å². The van der Waals surface area contributed by atoms with Crippen molar-refractivity contribution in [3.05, 3.63) is 34.9 Å². The number of nitrogens with zero attached hydrogens (tertiary/aromatic N) is 1. The highest BCUT2D eigenvalue weighted by Crippen LogP contribution is 2.12. The lowest BCUT2D eigenvalue weighted by molar-refractivity contribution is 0.0892. The Morgan fingerprint density at radius 3 is 2.21 bits per heavy atom. The van der Waals surface area contributed by atoms with Crippen LogP contribution >= 0.6 is 0 Å². The molecule has 106 valence electrons. The number of hydrogen-bond donors (Lipinski definition) is 0. The summed E-state index contributed by atoms with van der Waals surface area (Å²) in [6.07, 6.45) is 0. The van der Waals surface area contributed by atoms with Gasteiger partial charge in [-0.25, -0.2) is 0 Å². The summed E-state index contributed by atoms with van der Waals surface area (Å²) in [5, 5.41) is 0. The molecule has 1 aromatic rings. The van der Waals surface area contributed by atoms with Gasteiger partial charge in [-0.3, -0.25) is 9.69 Å². The topological polar surface area (TPSA) is 20.3 Å². The van der Waals surface area contributed by atoms with Crippen LogP contribution in [0.5, 0.6) is 0 Å². The molecule has 0 radical (unpaired) electrons. The number of ketones is 1. The Labute approximate surface area is 117 Å². The van der Waals surface area contributed by atoms with Crippen molar-refractivity contribution >= 4 is 5.78 Å². The smallest absolute Gasteiger partial charge is 0.176 e. The highest BCUT2D eigenvalue weighted by Gasteiger charge is 2.16. The summed E-state index contributed by atoms with van der Waals surface area (Å²) >= 11 is 0. The third-order valence-electron chi connectivity index (χ3n) is 3.51. The lowest BCUT2D eigenvalue weighted by Crippen LogP contribution is -2.38. The molecule has 0 aromatic heterocycles. The van der Waals surface area contributed by atoms with E-state index in [2.05, 4.69) is 46.4 Å². The van der Waals surface area contributed by atoms with Crippen molar-refractivity contribution in [2.24, 2.45) is 5.92 Å². The van der Waals surface area contributed by atoms with Gasteiger partial charge >= 0.3 is 0 Å². The number of Topliss-reactive ketones (excluding diaryl/α,β-unsaturated/α-hetero) is 1. The SMILES string of the molecule is Cc1ccc(C(=O)CN(CC(C)C)C(C)C)cc1C. The molecule has 0 aliphatic heterocycles. The van der Waals surface area contributed by atoms with Crippen LogP contribution in [-0.2, 0) is 0 Å². The summed E-state index contributed by atoms with van der Waals surface area (Å²) in [4.78, 5) is 14.6. The fourth-order valence-electron chi connectivity index (χ4n) is 2.12. The third-order valence-corrected chi connectivity index (χ3v) is 3.51. The maximum Gasteiger partial charge on any atom is 0.176 e. The fourth-order valence-corrected chi connectivity index (χ4v) is 2.12. The van der Waals surface area contributed by atoms with Crippen molar-refractivity contribution in [3.63, 3.8) is 0 Å². The lowest BCUT2D eigenvalue weighted by atomic mass is 10.0. The molecule has 0 amide bonds. The highest BCUT2D eigenvalue weighted by atomic mass is 16.1. The molecule has 0 aliphatic carbocycles. The van der Waals surface area contributed by atoms with Crippen LogP contribution < -0.4 is 0 Å². The van der Waals surface area contributed by atoms with Crippen LogP contribution in [0.1, 0.15) is 49.2 Å². The van der Waals surface area contributed by atoms with Gasteiger partial charge in [-0.05, 0) is 50.8 Å². The molecule has 1 rings (SSSR count). The molecule has 0 atom stereocenters. The Bertz CT molecular complexity index is 435. The second-order valence-corrected chi connectivity index (χ2v) is 6.14. The molecule has 0 saturated carbocycles. The highest BCUT2D eigenvalue weighted by molar-refractivity contribution is 5.97. The van der Waals surface area contributed by atoms with E-state index in [4.69, 9.17) is 0 Å². The van der Waals surface area contributed by atoms with Crippen molar-refractivity contribution < 1.29 is 4.79 Å². The third kappa shape index (κ3) is 4.79. The van der Waals surface area contributed by atoms with Gasteiger partial charge in [0.1, 0.15) is 0 Å². The van der Waals surface area contributed by atoms with Crippen molar-refractivity contribution in [2.75, 3.05) is 13.1 Å². The maximum absolute atomic E-state index is 12.4. The molecular formula is C17H27NO. The second kappa shape index (κ2) is 6.85. The first kappa shape index (κ1) is 15.9. The van der Waals surface area contributed by atoms with E-state index in [9.17, 15) is 4.79 Å². The first-order valence-electron chi connectivity index (χ1n) is 7.15. The van der Waals surface area contributed by atoms with Gasteiger partial charge in [-0.2, -0.15) is 0 Å². The maximum atomic E-state index is 12.4. The molecule has 0 aliphatic rings. The van der Waals surface area contributed by atoms with E-state index < -0.39 is 0 Å². The number of benzene rings is 1. The molecule has 0 bridgehead atoms. The van der Waals surface area contributed by atoms with E-state index in [1.54, 1.807) is 0 Å². The number of carbonyl (C=O) groups excluding carboxylic acids is 1. The van der Waals surface area contributed by atoms with Gasteiger partial charge in [0.25, 0.3) is 0 Å². The van der Waals surface area contributed by atoms with E-state index in [0.29, 0.717) is 18.5 Å². The monoisotopic (exact) mass is 261 g/mol. The Morgan fingerprint density at radius 1 is 1.11 bits per heavy atom. The summed E-state index contributed by atoms with van der Waals surface area (Å²) in [5.74, 6) is 0.799. The predicted octanol–water partition coefficient (Wildman–Crippen LogP) is 3.85. The lowest BCUT2D eigenvalue weighted by Gasteiger charge is -2.27. The fraction of sp³-hybridized carbons (Fsp3) is 0.588. The zero-order valence-electron chi connectivity index (χ0n) is 13.2. The van der Waals surface area contributed by atoms with E-state index in [1.165, 1.54) is 11.1 Å². The van der Waals surface area contributed by atoms with Crippen molar-refractivity contribution in [3.8, 4) is 0 Å². The molecule has 0 unspecified atom stereocenters. The number of rotatable bonds is 6. The van der Waals surface area contributed by atoms with E-state index >= 15 is 0 Å². The Hall–Kier alpha value is -1.15. The van der Waals surface area contributed by atoms with Gasteiger partial charge in [0.2, 0.25) is 0 Å². The first-order chi connectivity index (χ1) is 8.81. The van der Waals surface area contributed by atoms with Crippen LogP contribution in [0.15, 0.2) is 18.2 Å². The van der Waals surface area contributed by atoms with Crippen LogP contribution in [0.4, 0.5) is 0 Å². The molecule has 0 fully saturated rings. The minimum atomic E-state index is 0.220. The Kier molecular flexibility index (Phi) is 5.74. The van der Waals surface area contributed by atoms with Crippen molar-refractivity contribution in [1.29, 1.82) is 0 Å². The summed E-state index contributed by atoms with van der Waals surface area (Å²) in [6.45, 7) is 14.3. The molecule has 0 heterocycles. The Balaban J connectivity index is 2.78. The summed E-state index contributed by atoms with van der Waals surface area (Å²) in [7, 11) is 0. The average Bonchev–Trinajstić information content (AvgIpc) is 2.31.